The van der Waals surface area contributed by atoms with Crippen molar-refractivity contribution in [3.05, 3.63) is 48.0 Å². The molecule has 1 aliphatic carbocycles. The molecule has 1 aromatic carbocycles. The Morgan fingerprint density at radius 3 is 2.70 bits per heavy atom. The van der Waals surface area contributed by atoms with E-state index in [-0.39, 0.29) is 24.7 Å². The molecule has 0 radical (unpaired) electrons. The van der Waals surface area contributed by atoms with E-state index in [1.165, 1.54) is 5.06 Å². The third-order valence-electron chi connectivity index (χ3n) is 3.98. The molecular formula is C17H20N2O4. The van der Waals surface area contributed by atoms with Crippen molar-refractivity contribution in [2.45, 2.75) is 44.6 Å². The van der Waals surface area contributed by atoms with Gasteiger partial charge in [0.25, 0.3) is 5.91 Å². The van der Waals surface area contributed by atoms with Gasteiger partial charge in [0.05, 0.1) is 6.04 Å². The molecule has 1 aromatic rings. The smallest absolute Gasteiger partial charge is 0.408 e. The Labute approximate surface area is 135 Å². The van der Waals surface area contributed by atoms with Crippen LogP contribution in [0.5, 0.6) is 0 Å². The SMILES string of the molecule is C[C@H](NC(=O)OCc1ccccc1)C(=O)N1O[C@H]2C=C[C@@H]1CC2. The molecule has 1 saturated heterocycles. The van der Waals surface area contributed by atoms with Crippen molar-refractivity contribution in [1.82, 2.24) is 10.4 Å². The Kier molecular flexibility index (Phi) is 4.62. The maximum atomic E-state index is 12.4. The molecule has 3 atom stereocenters. The Morgan fingerprint density at radius 2 is 2.09 bits per heavy atom. The van der Waals surface area contributed by atoms with Crippen molar-refractivity contribution in [2.75, 3.05) is 0 Å². The Morgan fingerprint density at radius 1 is 1.30 bits per heavy atom. The maximum Gasteiger partial charge on any atom is 0.408 e. The minimum atomic E-state index is -0.703. The van der Waals surface area contributed by atoms with Gasteiger partial charge in [-0.3, -0.25) is 9.63 Å². The number of fused-ring (bicyclic) bond motifs is 2. The predicted octanol–water partition coefficient (Wildman–Crippen LogP) is 2.16. The topological polar surface area (TPSA) is 67.9 Å². The van der Waals surface area contributed by atoms with Gasteiger partial charge in [-0.2, -0.15) is 0 Å². The third-order valence-corrected chi connectivity index (χ3v) is 3.98. The van der Waals surface area contributed by atoms with Crippen LogP contribution in [0, 0.1) is 0 Å². The summed E-state index contributed by atoms with van der Waals surface area (Å²) in [7, 11) is 0. The number of amides is 2. The number of hydrogen-bond acceptors (Lipinski definition) is 4. The van der Waals surface area contributed by atoms with Gasteiger partial charge in [0.15, 0.2) is 0 Å². The van der Waals surface area contributed by atoms with Crippen LogP contribution >= 0.6 is 0 Å². The number of nitrogens with zero attached hydrogens (tertiary/aromatic N) is 1. The molecule has 6 heteroatoms. The van der Waals surface area contributed by atoms with Gasteiger partial charge < -0.3 is 10.1 Å². The fourth-order valence-corrected chi connectivity index (χ4v) is 2.70. The van der Waals surface area contributed by atoms with Crippen molar-refractivity contribution in [1.29, 1.82) is 0 Å². The summed E-state index contributed by atoms with van der Waals surface area (Å²) >= 11 is 0. The molecule has 0 spiro atoms. The molecule has 2 amide bonds. The van der Waals surface area contributed by atoms with Gasteiger partial charge in [0.1, 0.15) is 18.8 Å². The van der Waals surface area contributed by atoms with E-state index in [0.29, 0.717) is 0 Å². The minimum Gasteiger partial charge on any atom is -0.445 e. The van der Waals surface area contributed by atoms with Gasteiger partial charge in [-0.15, -0.1) is 0 Å². The molecule has 0 unspecified atom stereocenters. The van der Waals surface area contributed by atoms with Crippen molar-refractivity contribution >= 4 is 12.0 Å². The highest BCUT2D eigenvalue weighted by Gasteiger charge is 2.36. The molecule has 1 fully saturated rings. The van der Waals surface area contributed by atoms with E-state index >= 15 is 0 Å². The highest BCUT2D eigenvalue weighted by molar-refractivity contribution is 5.85. The first-order valence-corrected chi connectivity index (χ1v) is 7.79. The number of ether oxygens (including phenoxy) is 1. The third kappa shape index (κ3) is 3.71. The molecule has 2 bridgehead atoms. The summed E-state index contributed by atoms with van der Waals surface area (Å²) < 4.78 is 5.12. The molecule has 0 saturated carbocycles. The van der Waals surface area contributed by atoms with E-state index < -0.39 is 12.1 Å². The van der Waals surface area contributed by atoms with Crippen LogP contribution in [0.3, 0.4) is 0 Å². The lowest BCUT2D eigenvalue weighted by atomic mass is 9.98. The quantitative estimate of drug-likeness (QED) is 0.864. The second-order valence-electron chi connectivity index (χ2n) is 5.77. The first-order valence-electron chi connectivity index (χ1n) is 7.79. The van der Waals surface area contributed by atoms with Gasteiger partial charge in [0.2, 0.25) is 0 Å². The second kappa shape index (κ2) is 6.83. The van der Waals surface area contributed by atoms with Crippen molar-refractivity contribution in [3.8, 4) is 0 Å². The Hall–Kier alpha value is -2.34. The van der Waals surface area contributed by atoms with Crippen LogP contribution in [-0.4, -0.2) is 35.3 Å². The molecular weight excluding hydrogens is 296 g/mol. The lowest BCUT2D eigenvalue weighted by Gasteiger charge is -2.41. The monoisotopic (exact) mass is 316 g/mol. The predicted molar refractivity (Wildman–Crippen MR) is 83.1 cm³/mol. The number of hydrogen-bond donors (Lipinski definition) is 1. The summed E-state index contributed by atoms with van der Waals surface area (Å²) in [5.74, 6) is -0.263. The zero-order chi connectivity index (χ0) is 16.2. The molecule has 2 aliphatic heterocycles. The van der Waals surface area contributed by atoms with Crippen molar-refractivity contribution in [3.63, 3.8) is 0 Å². The van der Waals surface area contributed by atoms with Crippen LogP contribution in [0.25, 0.3) is 0 Å². The van der Waals surface area contributed by atoms with Gasteiger partial charge >= 0.3 is 6.09 Å². The standard InChI is InChI=1S/C17H20N2O4/c1-12(16(20)19-14-7-9-15(23-19)10-8-14)18-17(21)22-11-13-5-3-2-4-6-13/h2-7,9,12,14-15H,8,10-11H2,1H3,(H,18,21)/t12-,14+,15-/m0/s1. The van der Waals surface area contributed by atoms with Crippen molar-refractivity contribution < 1.29 is 19.2 Å². The molecule has 0 aromatic heterocycles. The number of alkyl carbamates (subject to hydrolysis) is 1. The molecule has 2 heterocycles. The number of nitrogens with one attached hydrogen (secondary N) is 1. The van der Waals surface area contributed by atoms with Crippen LogP contribution in [0.4, 0.5) is 4.79 Å². The number of carbonyl (C=O) groups excluding carboxylic acids is 2. The largest absolute Gasteiger partial charge is 0.445 e. The summed E-state index contributed by atoms with van der Waals surface area (Å²) in [4.78, 5) is 29.8. The number of carbonyl (C=O) groups is 2. The van der Waals surface area contributed by atoms with Crippen LogP contribution in [-0.2, 0) is 21.0 Å². The summed E-state index contributed by atoms with van der Waals surface area (Å²) in [5.41, 5.74) is 0.892. The summed E-state index contributed by atoms with van der Waals surface area (Å²) in [6.07, 6.45) is 5.11. The first kappa shape index (κ1) is 15.6. The molecule has 4 rings (SSSR count). The molecule has 6 nitrogen and oxygen atoms in total. The van der Waals surface area contributed by atoms with Gasteiger partial charge in [-0.25, -0.2) is 9.86 Å². The molecule has 23 heavy (non-hydrogen) atoms. The van der Waals surface area contributed by atoms with Crippen LogP contribution in [0.2, 0.25) is 0 Å². The van der Waals surface area contributed by atoms with E-state index in [1.807, 2.05) is 42.5 Å². The second-order valence-corrected chi connectivity index (χ2v) is 5.77. The highest BCUT2D eigenvalue weighted by atomic mass is 16.7. The van der Waals surface area contributed by atoms with Gasteiger partial charge in [-0.05, 0) is 25.3 Å². The van der Waals surface area contributed by atoms with E-state index in [1.54, 1.807) is 6.92 Å². The lowest BCUT2D eigenvalue weighted by Crippen LogP contribution is -2.54. The molecule has 3 aliphatic rings. The molecule has 1 N–H and O–H groups in total. The van der Waals surface area contributed by atoms with E-state index in [0.717, 1.165) is 18.4 Å². The lowest BCUT2D eigenvalue weighted by molar-refractivity contribution is -0.231. The zero-order valence-corrected chi connectivity index (χ0v) is 13.0. The highest BCUT2D eigenvalue weighted by Crippen LogP contribution is 2.27. The average Bonchev–Trinajstić information content (AvgIpc) is 2.61. The fraction of sp³-hybridized carbons (Fsp3) is 0.412. The van der Waals surface area contributed by atoms with Crippen molar-refractivity contribution in [2.24, 2.45) is 0 Å². The van der Waals surface area contributed by atoms with E-state index in [2.05, 4.69) is 5.32 Å². The minimum absolute atomic E-state index is 0.0406. The Bertz CT molecular complexity index is 602. The Balaban J connectivity index is 1.48. The number of rotatable bonds is 4. The van der Waals surface area contributed by atoms with Gasteiger partial charge in [-0.1, -0.05) is 42.5 Å². The van der Waals surface area contributed by atoms with Gasteiger partial charge in [0, 0.05) is 0 Å². The average molecular weight is 316 g/mol. The normalized spacial score (nSPS) is 23.4. The number of hydroxylamine groups is 2. The summed E-state index contributed by atoms with van der Waals surface area (Å²) in [5, 5.41) is 3.92. The first-order chi connectivity index (χ1) is 11.1. The van der Waals surface area contributed by atoms with Crippen LogP contribution in [0.1, 0.15) is 25.3 Å². The summed E-state index contributed by atoms with van der Waals surface area (Å²) in [6, 6.07) is 8.63. The number of benzene rings is 1. The summed E-state index contributed by atoms with van der Waals surface area (Å²) in [6.45, 7) is 1.79. The fourth-order valence-electron chi connectivity index (χ4n) is 2.70. The molecule has 122 valence electrons. The van der Waals surface area contributed by atoms with Crippen LogP contribution in [0.15, 0.2) is 42.5 Å². The zero-order valence-electron chi connectivity index (χ0n) is 13.0. The maximum absolute atomic E-state index is 12.4. The van der Waals surface area contributed by atoms with Crippen LogP contribution < -0.4 is 5.32 Å². The van der Waals surface area contributed by atoms with E-state index in [4.69, 9.17) is 9.57 Å². The van der Waals surface area contributed by atoms with E-state index in [9.17, 15) is 9.59 Å².